The number of carbonyl (C=O) groups is 1. The first kappa shape index (κ1) is 12.9. The van der Waals surface area contributed by atoms with Gasteiger partial charge in [0, 0.05) is 31.1 Å². The van der Waals surface area contributed by atoms with Crippen molar-refractivity contribution in [3.63, 3.8) is 0 Å². The number of hydrogen-bond acceptors (Lipinski definition) is 3. The minimum atomic E-state index is -0.395. The minimum absolute atomic E-state index is 0.202. The molecule has 90 valence electrons. The Balaban J connectivity index is 2.70. The molecule has 0 aliphatic rings. The van der Waals surface area contributed by atoms with Crippen molar-refractivity contribution in [3.8, 4) is 0 Å². The molecule has 0 fully saturated rings. The maximum atomic E-state index is 12.1. The van der Waals surface area contributed by atoms with Crippen LogP contribution in [-0.4, -0.2) is 22.1 Å². The minimum Gasteiger partial charge on any atom is -0.329 e. The Hall–Kier alpha value is -1.16. The van der Waals surface area contributed by atoms with Gasteiger partial charge < -0.3 is 5.73 Å². The smallest absolute Gasteiger partial charge is 0.144 e. The molecule has 0 aliphatic carbocycles. The van der Waals surface area contributed by atoms with E-state index in [1.54, 1.807) is 6.20 Å². The van der Waals surface area contributed by atoms with Crippen molar-refractivity contribution in [1.82, 2.24) is 9.78 Å². The molecule has 0 saturated carbocycles. The predicted octanol–water partition coefficient (Wildman–Crippen LogP) is 1.39. The highest BCUT2D eigenvalue weighted by Gasteiger charge is 2.29. The second kappa shape index (κ2) is 5.25. The summed E-state index contributed by atoms with van der Waals surface area (Å²) in [5.41, 5.74) is 6.24. The number of nitrogens with two attached hydrogens (primary N) is 1. The third-order valence-electron chi connectivity index (χ3n) is 3.28. The highest BCUT2D eigenvalue weighted by Crippen LogP contribution is 2.22. The summed E-state index contributed by atoms with van der Waals surface area (Å²) in [5.74, 6) is 0.202. The quantitative estimate of drug-likeness (QED) is 0.792. The van der Waals surface area contributed by atoms with Gasteiger partial charge in [-0.3, -0.25) is 9.48 Å². The monoisotopic (exact) mass is 223 g/mol. The lowest BCUT2D eigenvalue weighted by atomic mass is 9.81. The molecular weight excluding hydrogens is 202 g/mol. The topological polar surface area (TPSA) is 60.9 Å². The lowest BCUT2D eigenvalue weighted by molar-refractivity contribution is -0.126. The summed E-state index contributed by atoms with van der Waals surface area (Å²) in [7, 11) is 0. The third kappa shape index (κ3) is 2.70. The van der Waals surface area contributed by atoms with E-state index < -0.39 is 5.41 Å². The Kier molecular flexibility index (Phi) is 4.24. The summed E-state index contributed by atoms with van der Waals surface area (Å²) >= 11 is 0. The van der Waals surface area contributed by atoms with E-state index >= 15 is 0 Å². The van der Waals surface area contributed by atoms with E-state index in [0.29, 0.717) is 13.0 Å². The zero-order valence-corrected chi connectivity index (χ0v) is 10.4. The standard InChI is InChI=1S/C12H21N3O/c1-4-12(3,9-13)11(16)6-10-7-14-15(5-2)8-10/h7-8H,4-6,9,13H2,1-3H3. The van der Waals surface area contributed by atoms with E-state index in [4.69, 9.17) is 5.73 Å². The number of nitrogens with zero attached hydrogens (tertiary/aromatic N) is 2. The van der Waals surface area contributed by atoms with Gasteiger partial charge in [0.25, 0.3) is 0 Å². The molecule has 0 radical (unpaired) electrons. The summed E-state index contributed by atoms with van der Waals surface area (Å²) in [5, 5.41) is 4.15. The van der Waals surface area contributed by atoms with Gasteiger partial charge >= 0.3 is 0 Å². The molecule has 2 N–H and O–H groups in total. The molecule has 4 nitrogen and oxygen atoms in total. The van der Waals surface area contributed by atoms with Gasteiger partial charge in [-0.25, -0.2) is 0 Å². The Morgan fingerprint density at radius 3 is 2.69 bits per heavy atom. The highest BCUT2D eigenvalue weighted by atomic mass is 16.1. The molecule has 0 amide bonds. The normalized spacial score (nSPS) is 14.8. The van der Waals surface area contributed by atoms with Gasteiger partial charge in [0.1, 0.15) is 5.78 Å². The van der Waals surface area contributed by atoms with E-state index in [0.717, 1.165) is 18.5 Å². The zero-order chi connectivity index (χ0) is 12.2. The van der Waals surface area contributed by atoms with E-state index in [-0.39, 0.29) is 5.78 Å². The number of aromatic nitrogens is 2. The Morgan fingerprint density at radius 1 is 1.56 bits per heavy atom. The van der Waals surface area contributed by atoms with E-state index in [9.17, 15) is 4.79 Å². The van der Waals surface area contributed by atoms with Crippen molar-refractivity contribution in [2.75, 3.05) is 6.54 Å². The van der Waals surface area contributed by atoms with Crippen LogP contribution in [0.15, 0.2) is 12.4 Å². The summed E-state index contributed by atoms with van der Waals surface area (Å²) in [6.45, 7) is 7.19. The Morgan fingerprint density at radius 2 is 2.25 bits per heavy atom. The molecule has 0 aromatic carbocycles. The van der Waals surface area contributed by atoms with Gasteiger partial charge in [0.05, 0.1) is 6.20 Å². The fourth-order valence-electron chi connectivity index (χ4n) is 1.52. The number of ketones is 1. The van der Waals surface area contributed by atoms with Crippen LogP contribution < -0.4 is 5.73 Å². The molecule has 1 aromatic rings. The molecule has 0 bridgehead atoms. The van der Waals surface area contributed by atoms with Crippen molar-refractivity contribution < 1.29 is 4.79 Å². The third-order valence-corrected chi connectivity index (χ3v) is 3.28. The van der Waals surface area contributed by atoms with E-state index in [1.165, 1.54) is 0 Å². The van der Waals surface area contributed by atoms with Crippen LogP contribution in [0, 0.1) is 5.41 Å². The number of rotatable bonds is 6. The summed E-state index contributed by atoms with van der Waals surface area (Å²) in [6, 6.07) is 0. The molecule has 4 heteroatoms. The van der Waals surface area contributed by atoms with Crippen LogP contribution in [0.25, 0.3) is 0 Å². The molecule has 1 rings (SSSR count). The second-order valence-corrected chi connectivity index (χ2v) is 4.42. The van der Waals surface area contributed by atoms with Gasteiger partial charge in [0.15, 0.2) is 0 Å². The van der Waals surface area contributed by atoms with Crippen LogP contribution in [-0.2, 0) is 17.8 Å². The zero-order valence-electron chi connectivity index (χ0n) is 10.4. The second-order valence-electron chi connectivity index (χ2n) is 4.42. The first-order chi connectivity index (χ1) is 7.55. The molecule has 1 unspecified atom stereocenters. The molecule has 1 atom stereocenters. The van der Waals surface area contributed by atoms with Crippen LogP contribution in [0.5, 0.6) is 0 Å². The molecular formula is C12H21N3O. The van der Waals surface area contributed by atoms with Gasteiger partial charge in [-0.1, -0.05) is 13.8 Å². The summed E-state index contributed by atoms with van der Waals surface area (Å²) in [6.07, 6.45) is 4.89. The van der Waals surface area contributed by atoms with Crippen LogP contribution in [0.4, 0.5) is 0 Å². The average Bonchev–Trinajstić information content (AvgIpc) is 2.75. The molecule has 1 heterocycles. The number of Topliss-reactive ketones (excluding diaryl/α,β-unsaturated/α-hetero) is 1. The fourth-order valence-corrected chi connectivity index (χ4v) is 1.52. The van der Waals surface area contributed by atoms with Crippen LogP contribution in [0.1, 0.15) is 32.8 Å². The lowest BCUT2D eigenvalue weighted by Crippen LogP contribution is -2.36. The van der Waals surface area contributed by atoms with Gasteiger partial charge in [-0.15, -0.1) is 0 Å². The van der Waals surface area contributed by atoms with Crippen molar-refractivity contribution >= 4 is 5.78 Å². The maximum absolute atomic E-state index is 12.1. The van der Waals surface area contributed by atoms with Gasteiger partial charge in [-0.05, 0) is 18.9 Å². The highest BCUT2D eigenvalue weighted by molar-refractivity contribution is 5.86. The van der Waals surface area contributed by atoms with Crippen LogP contribution >= 0.6 is 0 Å². The first-order valence-corrected chi connectivity index (χ1v) is 5.80. The van der Waals surface area contributed by atoms with E-state index in [1.807, 2.05) is 31.6 Å². The van der Waals surface area contributed by atoms with Crippen molar-refractivity contribution in [3.05, 3.63) is 18.0 Å². The average molecular weight is 223 g/mol. The molecule has 0 aliphatic heterocycles. The number of aryl methyl sites for hydroxylation is 1. The van der Waals surface area contributed by atoms with Crippen molar-refractivity contribution in [2.45, 2.75) is 40.2 Å². The first-order valence-electron chi connectivity index (χ1n) is 5.80. The molecule has 0 spiro atoms. The largest absolute Gasteiger partial charge is 0.329 e. The molecule has 16 heavy (non-hydrogen) atoms. The van der Waals surface area contributed by atoms with Crippen molar-refractivity contribution in [2.24, 2.45) is 11.1 Å². The van der Waals surface area contributed by atoms with Gasteiger partial charge in [0.2, 0.25) is 0 Å². The SMILES string of the molecule is CCn1cc(CC(=O)C(C)(CC)CN)cn1. The number of hydrogen-bond donors (Lipinski definition) is 1. The van der Waals surface area contributed by atoms with Crippen molar-refractivity contribution in [1.29, 1.82) is 0 Å². The maximum Gasteiger partial charge on any atom is 0.144 e. The summed E-state index contributed by atoms with van der Waals surface area (Å²) < 4.78 is 1.83. The lowest BCUT2D eigenvalue weighted by Gasteiger charge is -2.24. The predicted molar refractivity (Wildman–Crippen MR) is 64.1 cm³/mol. The summed E-state index contributed by atoms with van der Waals surface area (Å²) in [4.78, 5) is 12.1. The van der Waals surface area contributed by atoms with Crippen LogP contribution in [0.3, 0.4) is 0 Å². The van der Waals surface area contributed by atoms with Crippen LogP contribution in [0.2, 0.25) is 0 Å². The molecule has 1 aromatic heterocycles. The Labute approximate surface area is 96.8 Å². The van der Waals surface area contributed by atoms with E-state index in [2.05, 4.69) is 5.10 Å². The Bertz CT molecular complexity index is 353. The van der Waals surface area contributed by atoms with Gasteiger partial charge in [-0.2, -0.15) is 5.10 Å². The fraction of sp³-hybridized carbons (Fsp3) is 0.667. The molecule has 0 saturated heterocycles. The number of carbonyl (C=O) groups excluding carboxylic acids is 1.